The molecule has 0 heterocycles. The van der Waals surface area contributed by atoms with Gasteiger partial charge < -0.3 is 4.13 Å². The summed E-state index contributed by atoms with van der Waals surface area (Å²) in [4.78, 5) is -2.51. The molecule has 0 saturated heterocycles. The molecule has 1 aromatic carbocycles. The Morgan fingerprint density at radius 2 is 0.914 bits per heavy atom. The molecule has 0 unspecified atom stereocenters. The van der Waals surface area contributed by atoms with Crippen molar-refractivity contribution < 1.29 is 105 Å². The third-order valence-electron chi connectivity index (χ3n) is 3.50. The van der Waals surface area contributed by atoms with E-state index in [2.05, 4.69) is 0 Å². The summed E-state index contributed by atoms with van der Waals surface area (Å²) >= 11 is 0. The van der Waals surface area contributed by atoms with Gasteiger partial charge in [0.05, 0.1) is 16.0 Å². The van der Waals surface area contributed by atoms with Crippen LogP contribution in [0, 0.1) is 0 Å². The topological polar surface area (TPSA) is 82.4 Å². The van der Waals surface area contributed by atoms with Crippen LogP contribution in [0.15, 0.2) is 23.1 Å². The van der Waals surface area contributed by atoms with E-state index in [-0.39, 0.29) is 22.4 Å². The number of halogens is 15. The Balaban J connectivity index is 0.0000116. The average Bonchev–Trinajstić information content (AvgIpc) is 2.57. The van der Waals surface area contributed by atoms with Crippen LogP contribution in [0.4, 0.5) is 65.9 Å². The van der Waals surface area contributed by atoms with Crippen molar-refractivity contribution in [3.05, 3.63) is 33.5 Å². The van der Waals surface area contributed by atoms with Crippen LogP contribution in [0.3, 0.4) is 0 Å². The van der Waals surface area contributed by atoms with Crippen molar-refractivity contribution in [2.24, 2.45) is 0 Å². The maximum atomic E-state index is 13.6. The fourth-order valence-corrected chi connectivity index (χ4v) is 4.57. The first-order valence-corrected chi connectivity index (χ1v) is 10.1. The molecule has 5 nitrogen and oxygen atoms in total. The molecule has 0 atom stereocenters. The van der Waals surface area contributed by atoms with E-state index in [1.165, 1.54) is 0 Å². The molecule has 0 aliphatic heterocycles. The Hall–Kier alpha value is -1.23. The fraction of sp³-hybridized carbons (Fsp3) is 0.500. The molecule has 0 fully saturated rings. The van der Waals surface area contributed by atoms with Crippen molar-refractivity contribution in [3.63, 3.8) is 0 Å². The van der Waals surface area contributed by atoms with Gasteiger partial charge in [-0.05, 0) is 18.2 Å². The van der Waals surface area contributed by atoms with E-state index in [9.17, 15) is 82.7 Å². The van der Waals surface area contributed by atoms with E-state index in [1.807, 2.05) is 0 Å². The third-order valence-corrected chi connectivity index (χ3v) is 6.80. The Morgan fingerprint density at radius 1 is 0.571 bits per heavy atom. The van der Waals surface area contributed by atoms with Gasteiger partial charge in [-0.3, -0.25) is 0 Å². The second-order valence-electron chi connectivity index (χ2n) is 5.93. The molecule has 35 heavy (non-hydrogen) atoms. The quantitative estimate of drug-likeness (QED) is 0.292. The Kier molecular flexibility index (Phi) is 8.93. The van der Waals surface area contributed by atoms with E-state index in [0.29, 0.717) is 0 Å². The van der Waals surface area contributed by atoms with Gasteiger partial charge in [0.2, 0.25) is 0 Å². The van der Waals surface area contributed by atoms with E-state index < -0.39 is 89.9 Å². The second kappa shape index (κ2) is 9.26. The summed E-state index contributed by atoms with van der Waals surface area (Å²) in [6, 6.07) is -2.41. The van der Waals surface area contributed by atoms with Gasteiger partial charge in [0.15, 0.2) is 10.0 Å². The summed E-state index contributed by atoms with van der Waals surface area (Å²) < 4.78 is 239. The zero-order chi connectivity index (χ0) is 27.6. The maximum absolute atomic E-state index is 13.6. The summed E-state index contributed by atoms with van der Waals surface area (Å²) in [7, 11) is -14.9. The third kappa shape index (κ3) is 6.19. The van der Waals surface area contributed by atoms with Crippen LogP contribution in [0.25, 0.3) is 4.13 Å². The number of nitrogens with zero attached hydrogens (tertiary/aromatic N) is 1. The molecular weight excluding hydrogens is 679 g/mol. The molecule has 0 amide bonds. The number of sulfonamides is 2. The van der Waals surface area contributed by atoms with Crippen LogP contribution < -0.4 is 0 Å². The van der Waals surface area contributed by atoms with Gasteiger partial charge in [-0.2, -0.15) is 65.9 Å². The Bertz CT molecular complexity index is 1120. The average molecular weight is 682 g/mol. The smallest absolute Gasteiger partial charge is 0.426 e. The van der Waals surface area contributed by atoms with Crippen LogP contribution in [-0.4, -0.2) is 40.1 Å². The van der Waals surface area contributed by atoms with E-state index >= 15 is 0 Å². The van der Waals surface area contributed by atoms with Crippen LogP contribution in [0.1, 0.15) is 11.1 Å². The Labute approximate surface area is 199 Å². The first kappa shape index (κ1) is 33.8. The molecule has 0 aliphatic rings. The molecule has 0 aromatic heterocycles. The van der Waals surface area contributed by atoms with Gasteiger partial charge in [0, 0.05) is 0 Å². The monoisotopic (exact) mass is 681 g/mol. The minimum Gasteiger partial charge on any atom is -0.426 e. The SMILES string of the molecule is O=S(=O)([N-]S(=O)(=O)C(F)(F)C(F)(F)C(F)(F)C(F)(F)F)c1cc(C(F)(F)F)cc(C(F)(F)F)c1.[Ag+]. The van der Waals surface area contributed by atoms with Crippen molar-refractivity contribution in [3.8, 4) is 0 Å². The predicted octanol–water partition coefficient (Wildman–Crippen LogP) is 5.54. The van der Waals surface area contributed by atoms with Crippen LogP contribution in [0.5, 0.6) is 0 Å². The molecule has 208 valence electrons. The maximum Gasteiger partial charge on any atom is 1.00 e. The van der Waals surface area contributed by atoms with Crippen molar-refractivity contribution in [2.45, 2.75) is 40.5 Å². The van der Waals surface area contributed by atoms with Crippen molar-refractivity contribution in [1.82, 2.24) is 0 Å². The van der Waals surface area contributed by atoms with E-state index in [0.717, 1.165) is 4.13 Å². The minimum atomic E-state index is -8.05. The van der Waals surface area contributed by atoms with Crippen LogP contribution in [0.2, 0.25) is 0 Å². The summed E-state index contributed by atoms with van der Waals surface area (Å²) in [5.41, 5.74) is -5.01. The molecule has 0 spiro atoms. The van der Waals surface area contributed by atoms with Crippen molar-refractivity contribution >= 4 is 20.0 Å². The molecular formula is C12H3AgF15NO4S2. The summed E-state index contributed by atoms with van der Waals surface area (Å²) in [5, 5.41) is -7.69. The van der Waals surface area contributed by atoms with Crippen LogP contribution in [-0.2, 0) is 54.8 Å². The minimum absolute atomic E-state index is 0. The zero-order valence-electron chi connectivity index (χ0n) is 15.1. The molecule has 0 saturated carbocycles. The number of rotatable bonds is 6. The van der Waals surface area contributed by atoms with Crippen LogP contribution >= 0.6 is 0 Å². The van der Waals surface area contributed by atoms with E-state index in [4.69, 9.17) is 0 Å². The van der Waals surface area contributed by atoms with Gasteiger partial charge in [-0.1, -0.05) is 0 Å². The molecule has 23 heteroatoms. The van der Waals surface area contributed by atoms with Crippen molar-refractivity contribution in [1.29, 1.82) is 0 Å². The number of hydrogen-bond donors (Lipinski definition) is 0. The number of hydrogen-bond acceptors (Lipinski definition) is 4. The molecule has 0 aliphatic carbocycles. The zero-order valence-corrected chi connectivity index (χ0v) is 18.2. The normalized spacial score (nSPS) is 15.1. The first-order chi connectivity index (χ1) is 14.5. The summed E-state index contributed by atoms with van der Waals surface area (Å²) in [5.74, 6) is -15.8. The summed E-state index contributed by atoms with van der Waals surface area (Å²) in [6.07, 6.45) is -19.2. The molecule has 0 bridgehead atoms. The summed E-state index contributed by atoms with van der Waals surface area (Å²) in [6.45, 7) is 0. The largest absolute Gasteiger partial charge is 1.00 e. The van der Waals surface area contributed by atoms with Gasteiger partial charge in [-0.15, -0.1) is 0 Å². The molecule has 0 N–H and O–H groups in total. The van der Waals surface area contributed by atoms with Crippen molar-refractivity contribution in [2.75, 3.05) is 0 Å². The fourth-order valence-electron chi connectivity index (χ4n) is 1.82. The molecule has 1 aromatic rings. The standard InChI is InChI=1S/C12H3F15NO4S2.Ag/c13-7(14,15)4-1-5(8(16,17)18)3-6(2-4)33(29,30)28-34(31,32)12(26,27)10(21,22)9(19,20)11(23,24)25;/h1-3H;/q-1;+1. The van der Waals surface area contributed by atoms with Gasteiger partial charge in [-0.25, -0.2) is 16.8 Å². The predicted molar refractivity (Wildman–Crippen MR) is 76.8 cm³/mol. The second-order valence-corrected chi connectivity index (χ2v) is 9.41. The van der Waals surface area contributed by atoms with E-state index in [1.54, 1.807) is 0 Å². The first-order valence-electron chi connectivity index (χ1n) is 7.26. The number of benzene rings is 1. The molecule has 0 radical (unpaired) electrons. The number of alkyl halides is 15. The Morgan fingerprint density at radius 3 is 1.20 bits per heavy atom. The van der Waals surface area contributed by atoms with Gasteiger partial charge in [0.25, 0.3) is 0 Å². The van der Waals surface area contributed by atoms with Gasteiger partial charge >= 0.3 is 58.0 Å². The van der Waals surface area contributed by atoms with Gasteiger partial charge in [0.1, 0.15) is 10.0 Å². The molecule has 1 rings (SSSR count).